The minimum absolute atomic E-state index is 0.00942. The molecule has 0 unspecified atom stereocenters. The summed E-state index contributed by atoms with van der Waals surface area (Å²) in [6, 6.07) is 5.23. The van der Waals surface area contributed by atoms with Gasteiger partial charge in [0.15, 0.2) is 27.2 Å². The van der Waals surface area contributed by atoms with E-state index in [4.69, 9.17) is 20.4 Å². The van der Waals surface area contributed by atoms with E-state index < -0.39 is 15.7 Å². The van der Waals surface area contributed by atoms with E-state index in [0.29, 0.717) is 37.8 Å². The van der Waals surface area contributed by atoms with Gasteiger partial charge in [-0.1, -0.05) is 19.0 Å². The molecule has 0 atom stereocenters. The Bertz CT molecular complexity index is 1360. The Kier molecular flexibility index (Phi) is 6.88. The predicted octanol–water partition coefficient (Wildman–Crippen LogP) is 3.35. The topological polar surface area (TPSA) is 121 Å². The van der Waals surface area contributed by atoms with Crippen LogP contribution in [-0.4, -0.2) is 54.0 Å². The monoisotopic (exact) mass is 501 g/mol. The van der Waals surface area contributed by atoms with Gasteiger partial charge < -0.3 is 18.9 Å². The summed E-state index contributed by atoms with van der Waals surface area (Å²) in [5.41, 5.74) is 0. The summed E-state index contributed by atoms with van der Waals surface area (Å²) in [5, 5.41) is 4.00. The first-order valence-electron chi connectivity index (χ1n) is 10.9. The molecule has 2 aromatic heterocycles. The standard InChI is InChI=1S/C23H24FN5O5S/c1-5-19-25-20(13-21(26-19)33-18-7-6-16(12-17(18)24)35(4,30)31)32-15-8-10-29(11-9-15)23-27-22(14(2)3)28-34-23/h1,6-7,12-15H,8-11H2,2-4H3. The van der Waals surface area contributed by atoms with Crippen LogP contribution in [0.2, 0.25) is 0 Å². The van der Waals surface area contributed by atoms with Gasteiger partial charge in [-0.05, 0) is 24.1 Å². The number of halogens is 1. The van der Waals surface area contributed by atoms with Crippen LogP contribution in [0.15, 0.2) is 33.7 Å². The Balaban J connectivity index is 1.43. The number of sulfone groups is 1. The quantitative estimate of drug-likeness (QED) is 0.446. The van der Waals surface area contributed by atoms with Crippen molar-refractivity contribution in [2.24, 2.45) is 0 Å². The Morgan fingerprint density at radius 1 is 1.17 bits per heavy atom. The minimum Gasteiger partial charge on any atom is -0.474 e. The molecule has 0 bridgehead atoms. The molecular weight excluding hydrogens is 477 g/mol. The highest BCUT2D eigenvalue weighted by atomic mass is 32.2. The normalized spacial score (nSPS) is 14.7. The lowest BCUT2D eigenvalue weighted by atomic mass is 10.1. The van der Waals surface area contributed by atoms with Gasteiger partial charge in [0.2, 0.25) is 17.6 Å². The second kappa shape index (κ2) is 9.87. The first-order valence-corrected chi connectivity index (χ1v) is 12.8. The molecular formula is C23H24FN5O5S. The zero-order chi connectivity index (χ0) is 25.2. The summed E-state index contributed by atoms with van der Waals surface area (Å²) in [7, 11) is -3.56. The number of aromatic nitrogens is 4. The molecule has 12 heteroatoms. The zero-order valence-electron chi connectivity index (χ0n) is 19.4. The summed E-state index contributed by atoms with van der Waals surface area (Å²) >= 11 is 0. The first kappa shape index (κ1) is 24.4. The van der Waals surface area contributed by atoms with Crippen LogP contribution in [0.5, 0.6) is 17.5 Å². The van der Waals surface area contributed by atoms with E-state index in [9.17, 15) is 12.8 Å². The second-order valence-corrected chi connectivity index (χ2v) is 10.4. The fraction of sp³-hybridized carbons (Fsp3) is 0.391. The molecule has 4 rings (SSSR count). The molecule has 1 fully saturated rings. The molecule has 1 aliphatic heterocycles. The molecule has 0 saturated carbocycles. The molecule has 3 aromatic rings. The van der Waals surface area contributed by atoms with Crippen molar-refractivity contribution in [3.8, 4) is 29.9 Å². The molecule has 0 aliphatic carbocycles. The van der Waals surface area contributed by atoms with Crippen molar-refractivity contribution >= 4 is 15.9 Å². The van der Waals surface area contributed by atoms with Gasteiger partial charge in [0.1, 0.15) is 6.10 Å². The summed E-state index contributed by atoms with van der Waals surface area (Å²) in [5.74, 6) is 2.27. The van der Waals surface area contributed by atoms with Gasteiger partial charge >= 0.3 is 6.01 Å². The van der Waals surface area contributed by atoms with Crippen LogP contribution in [0.3, 0.4) is 0 Å². The number of piperidine rings is 1. The maximum Gasteiger partial charge on any atom is 0.324 e. The van der Waals surface area contributed by atoms with Crippen molar-refractivity contribution in [1.29, 1.82) is 0 Å². The maximum absolute atomic E-state index is 14.4. The van der Waals surface area contributed by atoms with Crippen LogP contribution in [0.1, 0.15) is 44.3 Å². The molecule has 1 saturated heterocycles. The number of rotatable bonds is 7. The fourth-order valence-electron chi connectivity index (χ4n) is 3.41. The average Bonchev–Trinajstić information content (AvgIpc) is 3.31. The molecule has 0 N–H and O–H groups in total. The van der Waals surface area contributed by atoms with Gasteiger partial charge in [0.05, 0.1) is 11.0 Å². The highest BCUT2D eigenvalue weighted by Gasteiger charge is 2.25. The highest BCUT2D eigenvalue weighted by Crippen LogP contribution is 2.28. The number of anilines is 1. The van der Waals surface area contributed by atoms with Gasteiger partial charge in [-0.25, -0.2) is 12.8 Å². The van der Waals surface area contributed by atoms with Crippen molar-refractivity contribution in [2.75, 3.05) is 24.2 Å². The van der Waals surface area contributed by atoms with Crippen molar-refractivity contribution < 1.29 is 26.8 Å². The summed E-state index contributed by atoms with van der Waals surface area (Å²) in [4.78, 5) is 14.5. The summed E-state index contributed by atoms with van der Waals surface area (Å²) in [6.07, 6.45) is 7.64. The molecule has 3 heterocycles. The van der Waals surface area contributed by atoms with E-state index in [1.807, 2.05) is 18.7 Å². The number of nitrogens with zero attached hydrogens (tertiary/aromatic N) is 5. The molecule has 1 aliphatic rings. The van der Waals surface area contributed by atoms with Crippen molar-refractivity contribution in [3.05, 3.63) is 41.7 Å². The predicted molar refractivity (Wildman–Crippen MR) is 124 cm³/mol. The third-order valence-electron chi connectivity index (χ3n) is 5.30. The number of ether oxygens (including phenoxy) is 2. The maximum atomic E-state index is 14.4. The van der Waals surface area contributed by atoms with E-state index in [1.165, 1.54) is 18.2 Å². The van der Waals surface area contributed by atoms with Gasteiger partial charge in [0, 0.05) is 38.1 Å². The lowest BCUT2D eigenvalue weighted by molar-refractivity contribution is 0.161. The summed E-state index contributed by atoms with van der Waals surface area (Å²) in [6.45, 7) is 5.30. The van der Waals surface area contributed by atoms with Gasteiger partial charge in [-0.2, -0.15) is 15.0 Å². The smallest absolute Gasteiger partial charge is 0.324 e. The molecule has 0 spiro atoms. The lowest BCUT2D eigenvalue weighted by Gasteiger charge is -2.30. The number of terminal acetylenes is 1. The molecule has 0 amide bonds. The van der Waals surface area contributed by atoms with E-state index in [2.05, 4.69) is 26.0 Å². The van der Waals surface area contributed by atoms with E-state index in [1.54, 1.807) is 0 Å². The Morgan fingerprint density at radius 3 is 2.49 bits per heavy atom. The van der Waals surface area contributed by atoms with Gasteiger partial charge in [-0.15, -0.1) is 6.42 Å². The van der Waals surface area contributed by atoms with Crippen molar-refractivity contribution in [2.45, 2.75) is 43.6 Å². The molecule has 1 aromatic carbocycles. The van der Waals surface area contributed by atoms with Crippen LogP contribution in [-0.2, 0) is 9.84 Å². The van der Waals surface area contributed by atoms with E-state index in [0.717, 1.165) is 12.3 Å². The lowest BCUT2D eigenvalue weighted by Crippen LogP contribution is -2.38. The third kappa shape index (κ3) is 5.86. The minimum atomic E-state index is -3.56. The Labute approximate surface area is 202 Å². The zero-order valence-corrected chi connectivity index (χ0v) is 20.2. The number of hydrogen-bond donors (Lipinski definition) is 0. The van der Waals surface area contributed by atoms with Crippen LogP contribution >= 0.6 is 0 Å². The average molecular weight is 502 g/mol. The number of hydrogen-bond acceptors (Lipinski definition) is 10. The van der Waals surface area contributed by atoms with Crippen molar-refractivity contribution in [1.82, 2.24) is 20.1 Å². The molecule has 10 nitrogen and oxygen atoms in total. The SMILES string of the molecule is C#Cc1nc(Oc2ccc(S(C)(=O)=O)cc2F)cc(OC2CCN(c3nc(C(C)C)no3)CC2)n1. The van der Waals surface area contributed by atoms with Gasteiger partial charge in [0.25, 0.3) is 0 Å². The molecule has 0 radical (unpaired) electrons. The van der Waals surface area contributed by atoms with E-state index in [-0.39, 0.29) is 40.3 Å². The van der Waals surface area contributed by atoms with Crippen LogP contribution in [0.4, 0.5) is 10.4 Å². The highest BCUT2D eigenvalue weighted by molar-refractivity contribution is 7.90. The molecule has 184 valence electrons. The third-order valence-corrected chi connectivity index (χ3v) is 6.41. The largest absolute Gasteiger partial charge is 0.474 e. The van der Waals surface area contributed by atoms with Crippen molar-refractivity contribution in [3.63, 3.8) is 0 Å². The fourth-order valence-corrected chi connectivity index (χ4v) is 4.05. The number of benzene rings is 1. The molecule has 35 heavy (non-hydrogen) atoms. The van der Waals surface area contributed by atoms with Crippen LogP contribution in [0, 0.1) is 18.2 Å². The van der Waals surface area contributed by atoms with Gasteiger partial charge in [-0.3, -0.25) is 0 Å². The summed E-state index contributed by atoms with van der Waals surface area (Å²) < 4.78 is 54.5. The first-order chi connectivity index (χ1) is 16.6. The Hall–Kier alpha value is -3.72. The van der Waals surface area contributed by atoms with Crippen LogP contribution in [0.25, 0.3) is 0 Å². The van der Waals surface area contributed by atoms with Crippen LogP contribution < -0.4 is 14.4 Å². The second-order valence-electron chi connectivity index (χ2n) is 8.37. The Morgan fingerprint density at radius 2 is 1.89 bits per heavy atom. The van der Waals surface area contributed by atoms with E-state index >= 15 is 0 Å².